The van der Waals surface area contributed by atoms with E-state index >= 15 is 0 Å². The smallest absolute Gasteiger partial charge is 0.250 e. The Kier molecular flexibility index (Phi) is 6.29. The van der Waals surface area contributed by atoms with Gasteiger partial charge in [0.05, 0.1) is 5.56 Å². The lowest BCUT2D eigenvalue weighted by Crippen LogP contribution is -2.56. The number of piperidine rings is 3. The number of aromatic nitrogens is 1. The summed E-state index contributed by atoms with van der Waals surface area (Å²) in [5, 5.41) is 5.95. The van der Waals surface area contributed by atoms with Crippen molar-refractivity contribution < 1.29 is 9.53 Å². The minimum atomic E-state index is -0.501. The van der Waals surface area contributed by atoms with E-state index < -0.39 is 5.91 Å². The zero-order valence-electron chi connectivity index (χ0n) is 19.2. The van der Waals surface area contributed by atoms with Crippen molar-refractivity contribution in [3.8, 4) is 11.6 Å². The Labute approximate surface area is 195 Å². The van der Waals surface area contributed by atoms with E-state index in [4.69, 9.17) is 10.5 Å². The maximum absolute atomic E-state index is 11.3. The molecule has 2 aromatic carbocycles. The van der Waals surface area contributed by atoms with Crippen molar-refractivity contribution >= 4 is 16.7 Å². The number of primary amides is 1. The summed E-state index contributed by atoms with van der Waals surface area (Å²) in [4.78, 5) is 18.2. The molecule has 0 radical (unpaired) electrons. The first-order chi connectivity index (χ1) is 16.1. The summed E-state index contributed by atoms with van der Waals surface area (Å²) in [5.41, 5.74) is 6.92. The molecule has 2 bridgehead atoms. The zero-order valence-corrected chi connectivity index (χ0v) is 19.2. The van der Waals surface area contributed by atoms with Crippen LogP contribution in [0.1, 0.15) is 42.1 Å². The molecule has 4 heterocycles. The first-order valence-corrected chi connectivity index (χ1v) is 12.0. The Bertz CT molecular complexity index is 1130. The third kappa shape index (κ3) is 4.59. The number of amides is 1. The predicted molar refractivity (Wildman–Crippen MR) is 130 cm³/mol. The SMILES string of the molecule is CCC1CN2CCC1CC2CNCc1ccc(Oc2ccc(C(N)=O)cn2)c2ccccc12. The molecule has 0 spiro atoms. The van der Waals surface area contributed by atoms with Gasteiger partial charge in [0.25, 0.3) is 0 Å². The highest BCUT2D eigenvalue weighted by Crippen LogP contribution is 2.37. The third-order valence-corrected chi connectivity index (χ3v) is 7.44. The summed E-state index contributed by atoms with van der Waals surface area (Å²) in [7, 11) is 0. The van der Waals surface area contributed by atoms with E-state index in [1.165, 1.54) is 49.5 Å². The number of hydrogen-bond donors (Lipinski definition) is 2. The molecule has 6 heteroatoms. The lowest BCUT2D eigenvalue weighted by Gasteiger charge is -2.50. The van der Waals surface area contributed by atoms with Gasteiger partial charge in [-0.05, 0) is 54.3 Å². The first-order valence-electron chi connectivity index (χ1n) is 12.0. The van der Waals surface area contributed by atoms with Crippen LogP contribution in [0.4, 0.5) is 0 Å². The average molecular weight is 445 g/mol. The van der Waals surface area contributed by atoms with Crippen LogP contribution in [0.2, 0.25) is 0 Å². The zero-order chi connectivity index (χ0) is 22.8. The first kappa shape index (κ1) is 21.9. The summed E-state index contributed by atoms with van der Waals surface area (Å²) in [6.45, 7) is 6.74. The fraction of sp³-hybridized carbons (Fsp3) is 0.407. The van der Waals surface area contributed by atoms with Crippen LogP contribution >= 0.6 is 0 Å². The van der Waals surface area contributed by atoms with Crippen molar-refractivity contribution in [2.75, 3.05) is 19.6 Å². The number of carbonyl (C=O) groups is 1. The molecule has 6 nitrogen and oxygen atoms in total. The number of nitrogens with one attached hydrogen (secondary N) is 1. The van der Waals surface area contributed by atoms with E-state index in [9.17, 15) is 4.79 Å². The summed E-state index contributed by atoms with van der Waals surface area (Å²) >= 11 is 0. The van der Waals surface area contributed by atoms with Gasteiger partial charge >= 0.3 is 0 Å². The number of benzene rings is 2. The summed E-state index contributed by atoms with van der Waals surface area (Å²) in [6, 6.07) is 16.4. The van der Waals surface area contributed by atoms with Crippen LogP contribution in [-0.2, 0) is 6.54 Å². The maximum atomic E-state index is 11.3. The molecule has 3 aliphatic heterocycles. The van der Waals surface area contributed by atoms with Gasteiger partial charge in [0.15, 0.2) is 0 Å². The van der Waals surface area contributed by atoms with Gasteiger partial charge in [-0.15, -0.1) is 0 Å². The fourth-order valence-electron chi connectivity index (χ4n) is 5.57. The standard InChI is InChI=1S/C27H32N4O2/c1-2-18-17-31-12-11-19(18)13-22(31)16-29-14-20-7-9-25(24-6-4-3-5-23(20)24)33-26-10-8-21(15-30-26)27(28)32/h3-10,15,18-19,22,29H,2,11-14,16-17H2,1H3,(H2,28,32). The molecule has 3 aliphatic rings. The van der Waals surface area contributed by atoms with Gasteiger partial charge in [0.1, 0.15) is 5.75 Å². The molecule has 33 heavy (non-hydrogen) atoms. The van der Waals surface area contributed by atoms with Crippen LogP contribution < -0.4 is 15.8 Å². The molecule has 3 saturated heterocycles. The van der Waals surface area contributed by atoms with Crippen LogP contribution in [0, 0.1) is 11.8 Å². The predicted octanol–water partition coefficient (Wildman–Crippen LogP) is 4.34. The van der Waals surface area contributed by atoms with Crippen molar-refractivity contribution in [1.29, 1.82) is 0 Å². The molecule has 0 saturated carbocycles. The minimum Gasteiger partial charge on any atom is -0.438 e. The molecule has 172 valence electrons. The topological polar surface area (TPSA) is 80.5 Å². The summed E-state index contributed by atoms with van der Waals surface area (Å²) < 4.78 is 6.04. The Morgan fingerprint density at radius 3 is 2.73 bits per heavy atom. The van der Waals surface area contributed by atoms with Crippen molar-refractivity contribution in [3.63, 3.8) is 0 Å². The quantitative estimate of drug-likeness (QED) is 0.540. The number of hydrogen-bond acceptors (Lipinski definition) is 5. The Morgan fingerprint density at radius 2 is 2.03 bits per heavy atom. The Hall–Kier alpha value is -2.96. The second-order valence-electron chi connectivity index (χ2n) is 9.35. The van der Waals surface area contributed by atoms with Gasteiger partial charge in [-0.25, -0.2) is 4.98 Å². The highest BCUT2D eigenvalue weighted by atomic mass is 16.5. The number of rotatable bonds is 8. The molecular formula is C27H32N4O2. The number of pyridine rings is 1. The molecule has 0 aliphatic carbocycles. The number of nitrogens with two attached hydrogens (primary N) is 1. The van der Waals surface area contributed by atoms with Crippen LogP contribution in [0.3, 0.4) is 0 Å². The second-order valence-corrected chi connectivity index (χ2v) is 9.35. The van der Waals surface area contributed by atoms with Crippen LogP contribution in [0.25, 0.3) is 10.8 Å². The summed E-state index contributed by atoms with van der Waals surface area (Å²) in [6.07, 6.45) is 5.46. The Balaban J connectivity index is 1.27. The molecule has 1 amide bonds. The average Bonchev–Trinajstić information content (AvgIpc) is 2.86. The largest absolute Gasteiger partial charge is 0.438 e. The van der Waals surface area contributed by atoms with Gasteiger partial charge in [-0.2, -0.15) is 0 Å². The number of fused-ring (bicyclic) bond motifs is 4. The fourth-order valence-corrected chi connectivity index (χ4v) is 5.57. The van der Waals surface area contributed by atoms with Crippen LogP contribution in [-0.4, -0.2) is 41.5 Å². The maximum Gasteiger partial charge on any atom is 0.250 e. The molecular weight excluding hydrogens is 412 g/mol. The van der Waals surface area contributed by atoms with Gasteiger partial charge in [0.2, 0.25) is 11.8 Å². The molecule has 4 unspecified atom stereocenters. The van der Waals surface area contributed by atoms with Crippen molar-refractivity contribution in [2.24, 2.45) is 17.6 Å². The summed E-state index contributed by atoms with van der Waals surface area (Å²) in [5.74, 6) is 2.49. The van der Waals surface area contributed by atoms with E-state index in [2.05, 4.69) is 46.4 Å². The van der Waals surface area contributed by atoms with Crippen molar-refractivity contribution in [1.82, 2.24) is 15.2 Å². The second kappa shape index (κ2) is 9.49. The van der Waals surface area contributed by atoms with E-state index in [-0.39, 0.29) is 0 Å². The number of ether oxygens (including phenoxy) is 1. The van der Waals surface area contributed by atoms with E-state index in [1.807, 2.05) is 12.1 Å². The Morgan fingerprint density at radius 1 is 1.18 bits per heavy atom. The highest BCUT2D eigenvalue weighted by molar-refractivity contribution is 5.92. The molecule has 3 aromatic rings. The van der Waals surface area contributed by atoms with Crippen LogP contribution in [0.5, 0.6) is 11.6 Å². The normalized spacial score (nSPS) is 24.2. The van der Waals surface area contributed by atoms with E-state index in [0.29, 0.717) is 17.5 Å². The number of nitrogens with zero attached hydrogens (tertiary/aromatic N) is 2. The highest BCUT2D eigenvalue weighted by Gasteiger charge is 2.38. The van der Waals surface area contributed by atoms with Gasteiger partial charge in [0, 0.05) is 43.3 Å². The van der Waals surface area contributed by atoms with Gasteiger partial charge < -0.3 is 15.8 Å². The lowest BCUT2D eigenvalue weighted by molar-refractivity contribution is 0.000341. The molecule has 3 fully saturated rings. The molecule has 4 atom stereocenters. The lowest BCUT2D eigenvalue weighted by atomic mass is 9.74. The third-order valence-electron chi connectivity index (χ3n) is 7.44. The van der Waals surface area contributed by atoms with Gasteiger partial charge in [-0.1, -0.05) is 43.7 Å². The molecule has 3 N–H and O–H groups in total. The molecule has 1 aromatic heterocycles. The van der Waals surface area contributed by atoms with Crippen LogP contribution in [0.15, 0.2) is 54.7 Å². The van der Waals surface area contributed by atoms with E-state index in [1.54, 1.807) is 12.1 Å². The van der Waals surface area contributed by atoms with Gasteiger partial charge in [-0.3, -0.25) is 9.69 Å². The van der Waals surface area contributed by atoms with Crippen molar-refractivity contribution in [2.45, 2.75) is 38.8 Å². The monoisotopic (exact) mass is 444 g/mol. The van der Waals surface area contributed by atoms with Crippen molar-refractivity contribution in [3.05, 3.63) is 65.9 Å². The minimum absolute atomic E-state index is 0.362. The number of carbonyl (C=O) groups excluding carboxylic acids is 1. The van der Waals surface area contributed by atoms with E-state index in [0.717, 1.165) is 36.1 Å². The molecule has 6 rings (SSSR count).